The van der Waals surface area contributed by atoms with Crippen molar-refractivity contribution in [2.24, 2.45) is 0 Å². The monoisotopic (exact) mass is 1770 g/mol. The summed E-state index contributed by atoms with van der Waals surface area (Å²) in [5, 5.41) is 39.4. The zero-order valence-corrected chi connectivity index (χ0v) is 78.5. The number of thiophene rings is 2. The number of nitrogens with zero attached hydrogens (tertiary/aromatic N) is 3. The number of rotatable bonds is 31. The molecule has 668 valence electrons. The molecule has 130 heavy (non-hydrogen) atoms. The molecule has 8 bridgehead atoms. The number of hydrogen-bond donors (Lipinski definition) is 2. The Kier molecular flexibility index (Phi) is 30.4. The van der Waals surface area contributed by atoms with Gasteiger partial charge in [0.1, 0.15) is 71.0 Å². The van der Waals surface area contributed by atoms with E-state index in [2.05, 4.69) is 161 Å². The summed E-state index contributed by atoms with van der Waals surface area (Å²) in [7, 11) is 0. The number of carboxylic acids is 2. The van der Waals surface area contributed by atoms with Gasteiger partial charge in [-0.25, -0.2) is 9.59 Å². The van der Waals surface area contributed by atoms with Gasteiger partial charge in [-0.1, -0.05) is 241 Å². The van der Waals surface area contributed by atoms with Gasteiger partial charge in [-0.15, -0.1) is 22.7 Å². The molecule has 0 fully saturated rings. The molecule has 0 spiro atoms. The van der Waals surface area contributed by atoms with Crippen LogP contribution < -0.4 is 23.8 Å². The number of carbonyl (C=O) groups excluding carboxylic acids is 2. The van der Waals surface area contributed by atoms with Gasteiger partial charge in [0, 0.05) is 97.3 Å². The lowest BCUT2D eigenvalue weighted by Gasteiger charge is -2.29. The van der Waals surface area contributed by atoms with Gasteiger partial charge in [0.2, 0.25) is 0 Å². The van der Waals surface area contributed by atoms with Crippen LogP contribution in [0, 0.1) is 22.7 Å². The maximum Gasteiger partial charge on any atom is 0.346 e. The molecular weight excluding hydrogens is 1660 g/mol. The van der Waals surface area contributed by atoms with Crippen LogP contribution in [-0.4, -0.2) is 60.5 Å². The number of fused-ring (bicyclic) bond motifs is 8. The number of carboxylic acid groups (broad SMARTS) is 2. The zero-order valence-electron chi connectivity index (χ0n) is 76.9. The van der Waals surface area contributed by atoms with Gasteiger partial charge >= 0.3 is 23.9 Å². The topological polar surface area (TPSA) is 224 Å². The summed E-state index contributed by atoms with van der Waals surface area (Å²) in [5.74, 6) is 0.882. The minimum Gasteiger partial charge on any atom is -0.493 e. The van der Waals surface area contributed by atoms with E-state index in [-0.39, 0.29) is 60.9 Å². The number of nitriles is 2. The minimum atomic E-state index is -1.35. The van der Waals surface area contributed by atoms with Gasteiger partial charge in [0.05, 0.1) is 26.4 Å². The number of benzene rings is 9. The Morgan fingerprint density at radius 3 is 1.09 bits per heavy atom. The molecule has 0 atom stereocenters. The van der Waals surface area contributed by atoms with Crippen LogP contribution in [0.2, 0.25) is 0 Å². The molecule has 0 radical (unpaired) electrons. The van der Waals surface area contributed by atoms with Gasteiger partial charge in [-0.3, -0.25) is 9.59 Å². The lowest BCUT2D eigenvalue weighted by molar-refractivity contribution is -0.146. The van der Waals surface area contributed by atoms with Crippen molar-refractivity contribution in [1.29, 1.82) is 10.5 Å². The molecule has 11 aromatic rings. The molecule has 0 unspecified atom stereocenters. The van der Waals surface area contributed by atoms with E-state index in [0.717, 1.165) is 134 Å². The van der Waals surface area contributed by atoms with Crippen LogP contribution in [0.1, 0.15) is 239 Å². The predicted octanol–water partition coefficient (Wildman–Crippen LogP) is 26.7. The minimum absolute atomic E-state index is 0.0807. The second-order valence-corrected chi connectivity index (χ2v) is 39.2. The van der Waals surface area contributed by atoms with E-state index in [1.54, 1.807) is 24.3 Å². The summed E-state index contributed by atoms with van der Waals surface area (Å²) >= 11 is 2.62. The van der Waals surface area contributed by atoms with Crippen LogP contribution in [0.5, 0.6) is 23.0 Å². The SMILES string of the molecule is CCOc1c2cc(C(C)(C)C)cc1Cc1cc(C(C)(C)C)cc(c1OCCCCC(=O)OCc1cc(/C=C(/C#N)C(=O)O)sc1-c1ccc(N(c3ccccc3)c3ccccc3)cc1)Cc1cc(C(C)(C)C)cc(c1OCC)Cc1cc(C(C)(C)C)cc(c1OCCCCC(=O)OCc1cc(/C=C(/C#N)C(=O)O)sc1C=C1C=C(c3ccccc3)OC(c3ccccc3)=C1)C2. The first kappa shape index (κ1) is 94.4. The molecule has 2 aliphatic rings. The fourth-order valence-corrected chi connectivity index (χ4v) is 18.2. The molecule has 9 aromatic carbocycles. The van der Waals surface area contributed by atoms with E-state index in [1.165, 1.54) is 34.8 Å². The van der Waals surface area contributed by atoms with Crippen LogP contribution in [0.3, 0.4) is 0 Å². The Bertz CT molecular complexity index is 5990. The zero-order chi connectivity index (χ0) is 92.6. The molecular formula is C112H115N3O13S2. The van der Waals surface area contributed by atoms with Gasteiger partial charge in [0.15, 0.2) is 0 Å². The Hall–Kier alpha value is -13.3. The Morgan fingerprint density at radius 1 is 0.415 bits per heavy atom. The van der Waals surface area contributed by atoms with Gasteiger partial charge in [-0.05, 0) is 218 Å². The van der Waals surface area contributed by atoms with Crippen molar-refractivity contribution in [3.8, 4) is 45.6 Å². The van der Waals surface area contributed by atoms with E-state index in [1.807, 2.05) is 153 Å². The number of aliphatic carboxylic acids is 2. The molecule has 0 saturated carbocycles. The first-order valence-corrected chi connectivity index (χ1v) is 46.2. The summed E-state index contributed by atoms with van der Waals surface area (Å²) in [5.41, 5.74) is 18.1. The van der Waals surface area contributed by atoms with Crippen LogP contribution in [0.4, 0.5) is 17.1 Å². The maximum absolute atomic E-state index is 14.1. The quantitative estimate of drug-likeness (QED) is 0.0178. The molecule has 1 aliphatic carbocycles. The van der Waals surface area contributed by atoms with Crippen LogP contribution in [0.25, 0.3) is 40.2 Å². The van der Waals surface area contributed by atoms with Crippen molar-refractivity contribution < 1.29 is 62.5 Å². The standard InChI is InChI=1S/C112H115N3O13S2/c1-15-122-102-76-52-80-60-90(111(9,10)11)61-81(104(80)124-47-31-29-41-100(116)126-70-86-66-95(64-84(68-113)107(118)119)129-99(86)51-72-49-97(73-33-21-17-22-34-73)128-98(50-72)74-35-23-18-24-36-74)53-77-57-89(110(6,7)8)59-79(103(77)123-16-2)55-83-63-91(112(12,13)14)62-82(54-78(102)58-88(56-76)109(3,4)5)105(83)125-48-32-30-42-101(117)127-71-87-67-96(65-85(69-114)108(120)121)130-106(87)75-43-45-94(46-44-75)115(92-37-25-19-26-38-92)93-39-27-20-28-40-93/h17-28,33-40,43-46,49-51,56-67H,15-16,29-32,41-42,47-48,52-55,70-71H2,1-14H3,(H,118,119)(H,120,121)/b84-64-,85-65-. The Balaban J connectivity index is 0.789. The number of hydrogen-bond acceptors (Lipinski definition) is 16. The number of allylic oxidation sites excluding steroid dienone is 3. The molecule has 3 heterocycles. The highest BCUT2D eigenvalue weighted by Crippen LogP contribution is 2.47. The molecule has 1 aliphatic heterocycles. The van der Waals surface area contributed by atoms with Crippen molar-refractivity contribution in [3.63, 3.8) is 0 Å². The fraction of sp³-hybridized carbons (Fsp3) is 0.304. The number of anilines is 3. The van der Waals surface area contributed by atoms with E-state index < -0.39 is 35.0 Å². The van der Waals surface area contributed by atoms with Crippen LogP contribution in [0.15, 0.2) is 235 Å². The second kappa shape index (κ2) is 41.9. The molecule has 2 aromatic heterocycles. The normalized spacial score (nSPS) is 13.0. The van der Waals surface area contributed by atoms with Crippen molar-refractivity contribution >= 4 is 93.4 Å². The highest BCUT2D eigenvalue weighted by molar-refractivity contribution is 7.16. The summed E-state index contributed by atoms with van der Waals surface area (Å²) in [6.45, 7) is 32.2. The van der Waals surface area contributed by atoms with E-state index in [0.29, 0.717) is 102 Å². The van der Waals surface area contributed by atoms with E-state index >= 15 is 0 Å². The second-order valence-electron chi connectivity index (χ2n) is 37.0. The van der Waals surface area contributed by atoms with Crippen molar-refractivity contribution in [2.75, 3.05) is 31.3 Å². The number of ether oxygens (including phenoxy) is 7. The largest absolute Gasteiger partial charge is 0.493 e. The van der Waals surface area contributed by atoms with Crippen LogP contribution >= 0.6 is 22.7 Å². The highest BCUT2D eigenvalue weighted by Gasteiger charge is 2.32. The number of para-hydroxylation sites is 2. The highest BCUT2D eigenvalue weighted by atomic mass is 32.1. The predicted molar refractivity (Wildman–Crippen MR) is 522 cm³/mol. The lowest BCUT2D eigenvalue weighted by atomic mass is 9.79. The first-order valence-electron chi connectivity index (χ1n) is 44.6. The summed E-state index contributed by atoms with van der Waals surface area (Å²) < 4.78 is 47.4. The Labute approximate surface area is 773 Å². The van der Waals surface area contributed by atoms with Crippen molar-refractivity contribution in [1.82, 2.24) is 0 Å². The van der Waals surface area contributed by atoms with E-state index in [9.17, 15) is 39.9 Å². The molecule has 13 rings (SSSR count). The maximum atomic E-state index is 14.1. The summed E-state index contributed by atoms with van der Waals surface area (Å²) in [4.78, 5) is 57.2. The molecule has 2 N–H and O–H groups in total. The molecule has 0 saturated heterocycles. The summed E-state index contributed by atoms with van der Waals surface area (Å²) in [6.07, 6.45) is 12.5. The first-order chi connectivity index (χ1) is 62.2. The third-order valence-corrected chi connectivity index (χ3v) is 25.2. The van der Waals surface area contributed by atoms with E-state index in [4.69, 9.17) is 33.2 Å². The van der Waals surface area contributed by atoms with Crippen molar-refractivity contribution in [2.45, 2.75) is 196 Å². The third kappa shape index (κ3) is 24.0. The number of esters is 2. The third-order valence-electron chi connectivity index (χ3n) is 23.0. The smallest absolute Gasteiger partial charge is 0.346 e. The van der Waals surface area contributed by atoms with Gasteiger partial charge in [-0.2, -0.15) is 10.5 Å². The molecule has 0 amide bonds. The Morgan fingerprint density at radius 2 is 0.746 bits per heavy atom. The average molecular weight is 1780 g/mol. The van der Waals surface area contributed by atoms with Crippen molar-refractivity contribution in [3.05, 3.63) is 339 Å². The summed E-state index contributed by atoms with van der Waals surface area (Å²) in [6, 6.07) is 73.5. The van der Waals surface area contributed by atoms with Gasteiger partial charge in [0.25, 0.3) is 0 Å². The van der Waals surface area contributed by atoms with Gasteiger partial charge < -0.3 is 48.3 Å². The fourth-order valence-electron chi connectivity index (χ4n) is 16.0. The number of carbonyl (C=O) groups is 4. The molecule has 18 heteroatoms. The number of unbranched alkanes of at least 4 members (excludes halogenated alkanes) is 2. The van der Waals surface area contributed by atoms with Crippen LogP contribution in [-0.2, 0) is 93.9 Å². The molecule has 16 nitrogen and oxygen atoms in total. The lowest BCUT2D eigenvalue weighted by Crippen LogP contribution is -2.18. The average Bonchev–Trinajstić information content (AvgIpc) is 1.04.